The second-order valence-corrected chi connectivity index (χ2v) is 3.09. The minimum atomic E-state index is -0.429. The quantitative estimate of drug-likeness (QED) is 0.396. The van der Waals surface area contributed by atoms with Crippen LogP contribution in [0.5, 0.6) is 0 Å². The second-order valence-electron chi connectivity index (χ2n) is 3.09. The number of rotatable bonds is 2. The second kappa shape index (κ2) is 5.25. The smallest absolute Gasteiger partial charge is 0.342 e. The van der Waals surface area contributed by atoms with Crippen molar-refractivity contribution in [1.82, 2.24) is 0 Å². The fraction of sp³-hybridized carbons (Fsp3) is 0.364. The summed E-state index contributed by atoms with van der Waals surface area (Å²) in [6, 6.07) is 0. The van der Waals surface area contributed by atoms with Crippen LogP contribution in [0, 0.1) is 0 Å². The van der Waals surface area contributed by atoms with Gasteiger partial charge in [-0.05, 0) is 19.8 Å². The van der Waals surface area contributed by atoms with E-state index in [4.69, 9.17) is 0 Å². The zero-order valence-corrected chi connectivity index (χ0v) is 8.95. The lowest BCUT2D eigenvalue weighted by atomic mass is 9.91. The van der Waals surface area contributed by atoms with Crippen LogP contribution in [-0.4, -0.2) is 24.5 Å². The summed E-state index contributed by atoms with van der Waals surface area (Å²) in [7, 11) is 0. The third kappa shape index (κ3) is 2.56. The van der Waals surface area contributed by atoms with E-state index in [1.807, 2.05) is 0 Å². The van der Waals surface area contributed by atoms with E-state index in [0.29, 0.717) is 17.8 Å². The van der Waals surface area contributed by atoms with Crippen LogP contribution in [-0.2, 0) is 23.9 Å². The van der Waals surface area contributed by atoms with E-state index in [1.54, 1.807) is 6.92 Å². The molecule has 0 amide bonds. The molecule has 5 heteroatoms. The molecule has 2 rings (SSSR count). The van der Waals surface area contributed by atoms with E-state index in [2.05, 4.69) is 16.1 Å². The molecule has 86 valence electrons. The van der Waals surface area contributed by atoms with E-state index < -0.39 is 11.9 Å². The molecule has 0 saturated carbocycles. The molecule has 0 fully saturated rings. The summed E-state index contributed by atoms with van der Waals surface area (Å²) in [5.41, 5.74) is 1.19. The minimum Gasteiger partial charge on any atom is -0.463 e. The number of carbonyl (C=O) groups excluding carboxylic acids is 3. The van der Waals surface area contributed by atoms with Crippen LogP contribution in [0.2, 0.25) is 0 Å². The highest BCUT2D eigenvalue weighted by atomic mass is 16.6. The molecule has 0 atom stereocenters. The first-order valence-corrected chi connectivity index (χ1v) is 4.87. The van der Waals surface area contributed by atoms with Gasteiger partial charge in [0.2, 0.25) is 0 Å². The predicted octanol–water partition coefficient (Wildman–Crippen LogP) is 0.896. The van der Waals surface area contributed by atoms with Crippen molar-refractivity contribution in [3.8, 4) is 0 Å². The van der Waals surface area contributed by atoms with Crippen molar-refractivity contribution in [3.05, 3.63) is 23.8 Å². The maximum absolute atomic E-state index is 10.5. The Balaban J connectivity index is 0.000000168. The van der Waals surface area contributed by atoms with Gasteiger partial charge in [-0.3, -0.25) is 0 Å². The lowest BCUT2D eigenvalue weighted by Crippen LogP contribution is -2.05. The predicted molar refractivity (Wildman–Crippen MR) is 54.2 cm³/mol. The van der Waals surface area contributed by atoms with E-state index >= 15 is 0 Å². The van der Waals surface area contributed by atoms with Crippen molar-refractivity contribution in [2.45, 2.75) is 19.8 Å². The van der Waals surface area contributed by atoms with Crippen LogP contribution >= 0.6 is 0 Å². The Hall–Kier alpha value is -1.91. The molecular weight excluding hydrogens is 212 g/mol. The van der Waals surface area contributed by atoms with Crippen molar-refractivity contribution in [3.63, 3.8) is 0 Å². The van der Waals surface area contributed by atoms with Crippen molar-refractivity contribution in [2.24, 2.45) is 0 Å². The molecule has 5 nitrogen and oxygen atoms in total. The number of esters is 3. The van der Waals surface area contributed by atoms with Crippen molar-refractivity contribution < 1.29 is 23.9 Å². The van der Waals surface area contributed by atoms with Gasteiger partial charge in [-0.2, -0.15) is 0 Å². The Morgan fingerprint density at radius 2 is 1.88 bits per heavy atom. The Kier molecular flexibility index (Phi) is 3.99. The summed E-state index contributed by atoms with van der Waals surface area (Å²) in [4.78, 5) is 31.2. The average Bonchev–Trinajstić information content (AvgIpc) is 2.34. The Morgan fingerprint density at radius 1 is 1.38 bits per heavy atom. The maximum atomic E-state index is 10.5. The van der Waals surface area contributed by atoms with E-state index in [0.717, 1.165) is 18.9 Å². The molecule has 0 radical (unpaired) electrons. The fourth-order valence-corrected chi connectivity index (χ4v) is 1.23. The fourth-order valence-electron chi connectivity index (χ4n) is 1.23. The third-order valence-corrected chi connectivity index (χ3v) is 2.12. The summed E-state index contributed by atoms with van der Waals surface area (Å²) in [6.07, 6.45) is 2.59. The molecule has 0 bridgehead atoms. The summed E-state index contributed by atoms with van der Waals surface area (Å²) in [5.74, 6) is -1.22. The molecule has 1 heterocycles. The molecular formula is C11H12O5. The molecule has 0 aromatic carbocycles. The number of ether oxygens (including phenoxy) is 2. The first-order valence-electron chi connectivity index (χ1n) is 4.87. The minimum absolute atomic E-state index is 0.359. The Labute approximate surface area is 92.7 Å². The van der Waals surface area contributed by atoms with Gasteiger partial charge in [0, 0.05) is 17.2 Å². The average molecular weight is 224 g/mol. The van der Waals surface area contributed by atoms with Gasteiger partial charge in [0.15, 0.2) is 0 Å². The highest BCUT2D eigenvalue weighted by molar-refractivity contribution is 6.14. The third-order valence-electron chi connectivity index (χ3n) is 2.12. The number of cyclic esters (lactones) is 2. The van der Waals surface area contributed by atoms with Crippen LogP contribution < -0.4 is 0 Å². The van der Waals surface area contributed by atoms with Crippen LogP contribution in [0.15, 0.2) is 23.8 Å². The standard InChI is InChI=1S/C6H4O3.C5H8O2/c7-5-3-1-2-4(3)6(8)9-5;1-3-5(6)7-4-2/h1-2H2;3H,1,4H2,2H3. The monoisotopic (exact) mass is 224 g/mol. The van der Waals surface area contributed by atoms with Gasteiger partial charge in [-0.1, -0.05) is 6.58 Å². The number of carbonyl (C=O) groups is 3. The van der Waals surface area contributed by atoms with Gasteiger partial charge < -0.3 is 9.47 Å². The first-order chi connectivity index (χ1) is 7.60. The molecule has 0 aromatic rings. The van der Waals surface area contributed by atoms with E-state index in [1.165, 1.54) is 0 Å². The normalized spacial score (nSPS) is 16.6. The molecule has 0 unspecified atom stereocenters. The molecule has 0 spiro atoms. The summed E-state index contributed by atoms with van der Waals surface area (Å²) < 4.78 is 8.73. The summed E-state index contributed by atoms with van der Waals surface area (Å²) in [5, 5.41) is 0. The van der Waals surface area contributed by atoms with Crippen LogP contribution in [0.3, 0.4) is 0 Å². The van der Waals surface area contributed by atoms with Gasteiger partial charge >= 0.3 is 17.9 Å². The summed E-state index contributed by atoms with van der Waals surface area (Å²) >= 11 is 0. The summed E-state index contributed by atoms with van der Waals surface area (Å²) in [6.45, 7) is 5.38. The van der Waals surface area contributed by atoms with Gasteiger partial charge in [0.1, 0.15) is 0 Å². The molecule has 0 N–H and O–H groups in total. The Morgan fingerprint density at radius 3 is 2.06 bits per heavy atom. The van der Waals surface area contributed by atoms with Gasteiger partial charge in [0.25, 0.3) is 0 Å². The lowest BCUT2D eigenvalue weighted by molar-refractivity contribution is -0.150. The van der Waals surface area contributed by atoms with Gasteiger partial charge in [-0.25, -0.2) is 14.4 Å². The van der Waals surface area contributed by atoms with Crippen LogP contribution in [0.4, 0.5) is 0 Å². The maximum Gasteiger partial charge on any atom is 0.342 e. The molecule has 16 heavy (non-hydrogen) atoms. The molecule has 0 saturated heterocycles. The molecule has 0 aromatic heterocycles. The number of hydrogen-bond acceptors (Lipinski definition) is 5. The molecule has 1 aliphatic heterocycles. The lowest BCUT2D eigenvalue weighted by Gasteiger charge is -2.07. The largest absolute Gasteiger partial charge is 0.463 e. The van der Waals surface area contributed by atoms with Crippen molar-refractivity contribution in [2.75, 3.05) is 6.61 Å². The first kappa shape index (κ1) is 12.2. The van der Waals surface area contributed by atoms with Crippen LogP contribution in [0.1, 0.15) is 19.8 Å². The van der Waals surface area contributed by atoms with Crippen LogP contribution in [0.25, 0.3) is 0 Å². The highest BCUT2D eigenvalue weighted by Crippen LogP contribution is 2.34. The zero-order valence-electron chi connectivity index (χ0n) is 8.95. The number of hydrogen-bond donors (Lipinski definition) is 0. The van der Waals surface area contributed by atoms with Gasteiger partial charge in [0.05, 0.1) is 6.61 Å². The molecule has 1 aliphatic carbocycles. The van der Waals surface area contributed by atoms with E-state index in [-0.39, 0.29) is 5.97 Å². The Bertz CT molecular complexity index is 354. The van der Waals surface area contributed by atoms with Crippen molar-refractivity contribution >= 4 is 17.9 Å². The molecule has 2 aliphatic rings. The highest BCUT2D eigenvalue weighted by Gasteiger charge is 2.38. The van der Waals surface area contributed by atoms with Crippen molar-refractivity contribution in [1.29, 1.82) is 0 Å². The zero-order chi connectivity index (χ0) is 12.1. The van der Waals surface area contributed by atoms with Gasteiger partial charge in [-0.15, -0.1) is 0 Å². The van der Waals surface area contributed by atoms with E-state index in [9.17, 15) is 14.4 Å². The topological polar surface area (TPSA) is 69.7 Å². The SMILES string of the molecule is C=CC(=O)OCC.O=C1OC(=O)C2=C1CC2.